The molecule has 0 saturated heterocycles. The lowest BCUT2D eigenvalue weighted by Gasteiger charge is -2.19. The first kappa shape index (κ1) is 21.4. The summed E-state index contributed by atoms with van der Waals surface area (Å²) in [6.45, 7) is 5.95. The molecule has 0 bridgehead atoms. The van der Waals surface area contributed by atoms with Crippen molar-refractivity contribution < 1.29 is 23.0 Å². The lowest BCUT2D eigenvalue weighted by Crippen LogP contribution is -2.21. The van der Waals surface area contributed by atoms with Crippen molar-refractivity contribution in [3.05, 3.63) is 53.1 Å². The summed E-state index contributed by atoms with van der Waals surface area (Å²) >= 11 is 5.56. The van der Waals surface area contributed by atoms with E-state index in [0.717, 1.165) is 23.3 Å². The van der Waals surface area contributed by atoms with Gasteiger partial charge in [-0.1, -0.05) is 26.0 Å². The van der Waals surface area contributed by atoms with Gasteiger partial charge in [0.1, 0.15) is 5.75 Å². The van der Waals surface area contributed by atoms with Crippen LogP contribution in [0.5, 0.6) is 11.5 Å². The highest BCUT2D eigenvalue weighted by Gasteiger charge is 2.31. The van der Waals surface area contributed by atoms with Gasteiger partial charge in [-0.2, -0.15) is 13.2 Å². The Bertz CT molecular complexity index is 778. The molecule has 27 heavy (non-hydrogen) atoms. The van der Waals surface area contributed by atoms with Crippen LogP contribution in [-0.2, 0) is 6.18 Å². The van der Waals surface area contributed by atoms with Gasteiger partial charge in [-0.3, -0.25) is 0 Å². The molecule has 2 N–H and O–H groups in total. The summed E-state index contributed by atoms with van der Waals surface area (Å²) in [6, 6.07) is 8.99. The molecule has 148 valence electrons. The molecule has 7 heteroatoms. The number of rotatable bonds is 7. The molecule has 2 aromatic carbocycles. The maximum absolute atomic E-state index is 13.1. The summed E-state index contributed by atoms with van der Waals surface area (Å²) < 4.78 is 45.2. The highest BCUT2D eigenvalue weighted by molar-refractivity contribution is 6.18. The number of aliphatic hydroxyl groups excluding tert-OH is 1. The number of nitrogens with one attached hydrogen (secondary N) is 1. The number of aryl methyl sites for hydroxylation is 1. The number of anilines is 1. The number of hydrogen-bond acceptors (Lipinski definition) is 3. The van der Waals surface area contributed by atoms with Gasteiger partial charge in [0.2, 0.25) is 0 Å². The summed E-state index contributed by atoms with van der Waals surface area (Å²) in [4.78, 5) is 0. The third-order valence-electron chi connectivity index (χ3n) is 4.02. The lowest BCUT2D eigenvalue weighted by atomic mass is 10.0. The molecule has 2 rings (SSSR count). The average molecular weight is 402 g/mol. The van der Waals surface area contributed by atoms with E-state index in [9.17, 15) is 18.3 Å². The molecule has 0 aliphatic rings. The van der Waals surface area contributed by atoms with Crippen LogP contribution in [0.1, 0.15) is 36.5 Å². The molecule has 0 amide bonds. The molecule has 0 aromatic heterocycles. The number of hydrogen-bond donors (Lipinski definition) is 2. The van der Waals surface area contributed by atoms with Crippen molar-refractivity contribution in [3.63, 3.8) is 0 Å². The Balaban J connectivity index is 2.42. The van der Waals surface area contributed by atoms with Gasteiger partial charge >= 0.3 is 6.18 Å². The maximum Gasteiger partial charge on any atom is 0.416 e. The Morgan fingerprint density at radius 1 is 1.11 bits per heavy atom. The molecule has 0 radical (unpaired) electrons. The second kappa shape index (κ2) is 8.85. The second-order valence-corrected chi connectivity index (χ2v) is 7.00. The van der Waals surface area contributed by atoms with E-state index in [1.54, 1.807) is 0 Å². The summed E-state index contributed by atoms with van der Waals surface area (Å²) in [7, 11) is 0. The molecule has 1 atom stereocenters. The van der Waals surface area contributed by atoms with Gasteiger partial charge in [0.05, 0.1) is 23.2 Å². The van der Waals surface area contributed by atoms with Crippen LogP contribution < -0.4 is 10.1 Å². The Labute approximate surface area is 162 Å². The van der Waals surface area contributed by atoms with Gasteiger partial charge in [0, 0.05) is 6.54 Å². The highest BCUT2D eigenvalue weighted by Crippen LogP contribution is 2.38. The van der Waals surface area contributed by atoms with E-state index in [1.165, 1.54) is 6.07 Å². The van der Waals surface area contributed by atoms with Crippen LogP contribution in [-0.4, -0.2) is 23.6 Å². The first-order chi connectivity index (χ1) is 12.6. The molecule has 3 nitrogen and oxygen atoms in total. The van der Waals surface area contributed by atoms with Crippen molar-refractivity contribution in [2.45, 2.75) is 39.0 Å². The summed E-state index contributed by atoms with van der Waals surface area (Å²) in [5, 5.41) is 12.4. The van der Waals surface area contributed by atoms with Gasteiger partial charge in [-0.05, 0) is 48.2 Å². The van der Waals surface area contributed by atoms with Gasteiger partial charge in [0.15, 0.2) is 5.75 Å². The monoisotopic (exact) mass is 401 g/mol. The van der Waals surface area contributed by atoms with Crippen LogP contribution in [0, 0.1) is 6.92 Å². The van der Waals surface area contributed by atoms with Crippen molar-refractivity contribution in [3.8, 4) is 11.5 Å². The number of halogens is 4. The Morgan fingerprint density at radius 2 is 1.81 bits per heavy atom. The van der Waals surface area contributed by atoms with Crippen LogP contribution in [0.2, 0.25) is 0 Å². The highest BCUT2D eigenvalue weighted by atomic mass is 35.5. The summed E-state index contributed by atoms with van der Waals surface area (Å²) in [5.74, 6) is 0.991. The fourth-order valence-electron chi connectivity index (χ4n) is 2.54. The van der Waals surface area contributed by atoms with Crippen LogP contribution >= 0.6 is 11.6 Å². The Kier molecular flexibility index (Phi) is 7.00. The van der Waals surface area contributed by atoms with E-state index in [0.29, 0.717) is 5.75 Å². The van der Waals surface area contributed by atoms with Gasteiger partial charge in [-0.25, -0.2) is 0 Å². The topological polar surface area (TPSA) is 41.5 Å². The minimum absolute atomic E-state index is 0.00598. The molecule has 2 aromatic rings. The zero-order chi connectivity index (χ0) is 20.2. The van der Waals surface area contributed by atoms with Crippen molar-refractivity contribution in [2.75, 3.05) is 17.7 Å². The minimum atomic E-state index is -4.48. The molecule has 0 saturated carbocycles. The van der Waals surface area contributed by atoms with Crippen molar-refractivity contribution in [2.24, 2.45) is 0 Å². The predicted octanol–water partition coefficient (Wildman–Crippen LogP) is 5.94. The zero-order valence-corrected chi connectivity index (χ0v) is 16.2. The normalized spacial score (nSPS) is 12.9. The molecule has 0 fully saturated rings. The summed E-state index contributed by atoms with van der Waals surface area (Å²) in [6.07, 6.45) is -5.37. The molecule has 0 aliphatic heterocycles. The fraction of sp³-hybridized carbons (Fsp3) is 0.400. The Hall–Kier alpha value is -1.92. The first-order valence-corrected chi connectivity index (χ1v) is 9.12. The quantitative estimate of drug-likeness (QED) is 0.564. The molecule has 0 spiro atoms. The third kappa shape index (κ3) is 5.78. The number of aliphatic hydroxyl groups is 1. The fourth-order valence-corrected chi connectivity index (χ4v) is 2.65. The van der Waals surface area contributed by atoms with Crippen LogP contribution in [0.3, 0.4) is 0 Å². The first-order valence-electron chi connectivity index (χ1n) is 8.59. The van der Waals surface area contributed by atoms with Crippen molar-refractivity contribution in [1.82, 2.24) is 0 Å². The van der Waals surface area contributed by atoms with E-state index in [-0.39, 0.29) is 29.8 Å². The second-order valence-electron chi connectivity index (χ2n) is 6.70. The van der Waals surface area contributed by atoms with E-state index in [4.69, 9.17) is 16.3 Å². The van der Waals surface area contributed by atoms with Crippen LogP contribution in [0.15, 0.2) is 36.4 Å². The predicted molar refractivity (Wildman–Crippen MR) is 102 cm³/mol. The third-order valence-corrected chi connectivity index (χ3v) is 4.38. The van der Waals surface area contributed by atoms with Gasteiger partial charge in [-0.15, -0.1) is 11.6 Å². The van der Waals surface area contributed by atoms with E-state index < -0.39 is 17.8 Å². The minimum Gasteiger partial charge on any atom is -0.455 e. The number of alkyl halides is 4. The van der Waals surface area contributed by atoms with Gasteiger partial charge in [0.25, 0.3) is 0 Å². The van der Waals surface area contributed by atoms with E-state index in [1.807, 2.05) is 39.0 Å². The largest absolute Gasteiger partial charge is 0.455 e. The van der Waals surface area contributed by atoms with Crippen LogP contribution in [0.4, 0.5) is 18.9 Å². The van der Waals surface area contributed by atoms with Crippen LogP contribution in [0.25, 0.3) is 0 Å². The maximum atomic E-state index is 13.1. The SMILES string of the molecule is Cc1ccc(C(C)C)c(Oc2ccc(C(F)(F)F)cc2NCC(O)CCl)c1. The van der Waals surface area contributed by atoms with E-state index >= 15 is 0 Å². The molecule has 0 aliphatic carbocycles. The van der Waals surface area contributed by atoms with Crippen molar-refractivity contribution >= 4 is 17.3 Å². The van der Waals surface area contributed by atoms with E-state index in [2.05, 4.69) is 5.32 Å². The average Bonchev–Trinajstić information content (AvgIpc) is 2.59. The molecular formula is C20H23ClF3NO2. The summed E-state index contributed by atoms with van der Waals surface area (Å²) in [5.41, 5.74) is 1.27. The number of benzene rings is 2. The Morgan fingerprint density at radius 3 is 2.41 bits per heavy atom. The standard InChI is InChI=1S/C20H23ClF3NO2/c1-12(2)16-6-4-13(3)8-19(16)27-18-7-5-14(20(22,23)24)9-17(18)25-11-15(26)10-21/h4-9,12,15,25-26H,10-11H2,1-3H3. The molecule has 0 heterocycles. The number of ether oxygens (including phenoxy) is 1. The van der Waals surface area contributed by atoms with Crippen molar-refractivity contribution in [1.29, 1.82) is 0 Å². The smallest absolute Gasteiger partial charge is 0.416 e. The zero-order valence-electron chi connectivity index (χ0n) is 15.4. The lowest BCUT2D eigenvalue weighted by molar-refractivity contribution is -0.137. The molecule has 1 unspecified atom stereocenters. The molecular weight excluding hydrogens is 379 g/mol. The van der Waals surface area contributed by atoms with Gasteiger partial charge < -0.3 is 15.2 Å².